The number of ketones is 1. The minimum absolute atomic E-state index is 0.0654. The van der Waals surface area contributed by atoms with E-state index in [0.717, 1.165) is 27.4 Å². The van der Waals surface area contributed by atoms with Crippen LogP contribution in [0.1, 0.15) is 55.6 Å². The fraction of sp³-hybridized carbons (Fsp3) is 0.267. The van der Waals surface area contributed by atoms with E-state index in [1.807, 2.05) is 68.4 Å². The Bertz CT molecular complexity index is 1500. The lowest BCUT2D eigenvalue weighted by Gasteiger charge is -2.10. The Labute approximate surface area is 215 Å². The second-order valence-corrected chi connectivity index (χ2v) is 9.40. The van der Waals surface area contributed by atoms with Gasteiger partial charge in [0.25, 0.3) is 0 Å². The average molecular weight is 499 g/mol. The first-order chi connectivity index (χ1) is 17.7. The van der Waals surface area contributed by atoms with Crippen LogP contribution in [0.5, 0.6) is 0 Å². The van der Waals surface area contributed by atoms with Gasteiger partial charge in [-0.05, 0) is 48.7 Å². The standard InChI is InChI=1S/C30H30N2O5/c1-19(2)18-36-29(34)14-15-32-27-12-10-23(20(3)31-37-21(4)33)16-25(27)26-17-24(11-13-28(26)32)30(35)22-8-6-5-7-9-22/h5-13,16-17,19H,14-15,18H2,1-4H3/b31-20-. The second kappa shape index (κ2) is 11.2. The molecule has 0 bridgehead atoms. The molecule has 7 heteroatoms. The van der Waals surface area contributed by atoms with Gasteiger partial charge in [-0.2, -0.15) is 0 Å². The van der Waals surface area contributed by atoms with E-state index in [4.69, 9.17) is 9.57 Å². The van der Waals surface area contributed by atoms with Crippen molar-refractivity contribution in [1.82, 2.24) is 4.57 Å². The zero-order valence-electron chi connectivity index (χ0n) is 21.5. The molecule has 0 saturated carbocycles. The molecule has 0 aliphatic heterocycles. The van der Waals surface area contributed by atoms with Crippen LogP contribution in [0.3, 0.4) is 0 Å². The average Bonchev–Trinajstić information content (AvgIpc) is 3.21. The van der Waals surface area contributed by atoms with E-state index in [2.05, 4.69) is 9.72 Å². The van der Waals surface area contributed by atoms with E-state index in [1.54, 1.807) is 19.1 Å². The summed E-state index contributed by atoms with van der Waals surface area (Å²) in [6.45, 7) is 7.88. The summed E-state index contributed by atoms with van der Waals surface area (Å²) in [5.41, 5.74) is 4.34. The van der Waals surface area contributed by atoms with E-state index in [0.29, 0.717) is 30.0 Å². The molecule has 3 aromatic carbocycles. The largest absolute Gasteiger partial charge is 0.465 e. The highest BCUT2D eigenvalue weighted by atomic mass is 16.7. The number of esters is 1. The second-order valence-electron chi connectivity index (χ2n) is 9.40. The van der Waals surface area contributed by atoms with E-state index in [-0.39, 0.29) is 24.1 Å². The SMILES string of the molecule is CC(=O)O/N=C(/C)c1ccc2c(c1)c1cc(C(=O)c3ccccc3)ccc1n2CCC(=O)OCC(C)C. The molecule has 0 saturated heterocycles. The van der Waals surface area contributed by atoms with Crippen LogP contribution in [0.2, 0.25) is 0 Å². The maximum atomic E-state index is 13.2. The predicted molar refractivity (Wildman–Crippen MR) is 144 cm³/mol. The Kier molecular flexibility index (Phi) is 7.82. The Balaban J connectivity index is 1.79. The van der Waals surface area contributed by atoms with E-state index in [1.165, 1.54) is 6.92 Å². The van der Waals surface area contributed by atoms with E-state index >= 15 is 0 Å². The van der Waals surface area contributed by atoms with Crippen LogP contribution in [0.4, 0.5) is 0 Å². The first-order valence-electron chi connectivity index (χ1n) is 12.3. The van der Waals surface area contributed by atoms with Crippen LogP contribution >= 0.6 is 0 Å². The van der Waals surface area contributed by atoms with Crippen molar-refractivity contribution in [3.63, 3.8) is 0 Å². The highest BCUT2D eigenvalue weighted by molar-refractivity contribution is 6.16. The van der Waals surface area contributed by atoms with Crippen LogP contribution in [0.25, 0.3) is 21.8 Å². The third-order valence-electron chi connectivity index (χ3n) is 6.01. The molecule has 0 unspecified atom stereocenters. The van der Waals surface area contributed by atoms with Gasteiger partial charge in [0.2, 0.25) is 0 Å². The number of fused-ring (bicyclic) bond motifs is 3. The third kappa shape index (κ3) is 5.94. The van der Waals surface area contributed by atoms with Crippen LogP contribution < -0.4 is 0 Å². The van der Waals surface area contributed by atoms with Crippen molar-refractivity contribution >= 4 is 45.2 Å². The normalized spacial score (nSPS) is 11.8. The summed E-state index contributed by atoms with van der Waals surface area (Å²) in [4.78, 5) is 41.5. The quantitative estimate of drug-likeness (QED) is 0.0942. The Morgan fingerprint density at radius 1 is 0.838 bits per heavy atom. The van der Waals surface area contributed by atoms with E-state index in [9.17, 15) is 14.4 Å². The lowest BCUT2D eigenvalue weighted by molar-refractivity contribution is -0.145. The van der Waals surface area contributed by atoms with Gasteiger partial charge >= 0.3 is 11.9 Å². The molecule has 1 aromatic heterocycles. The fourth-order valence-electron chi connectivity index (χ4n) is 4.19. The number of aryl methyl sites for hydroxylation is 1. The number of carbonyl (C=O) groups excluding carboxylic acids is 3. The number of ether oxygens (including phenoxy) is 1. The van der Waals surface area contributed by atoms with Crippen molar-refractivity contribution in [2.24, 2.45) is 11.1 Å². The van der Waals surface area contributed by atoms with E-state index < -0.39 is 5.97 Å². The fourth-order valence-corrected chi connectivity index (χ4v) is 4.19. The topological polar surface area (TPSA) is 87.0 Å². The molecule has 0 spiro atoms. The maximum Gasteiger partial charge on any atom is 0.331 e. The van der Waals surface area contributed by atoms with Crippen LogP contribution in [-0.4, -0.2) is 34.6 Å². The number of hydrogen-bond acceptors (Lipinski definition) is 6. The summed E-state index contributed by atoms with van der Waals surface area (Å²) < 4.78 is 7.44. The smallest absolute Gasteiger partial charge is 0.331 e. The van der Waals surface area contributed by atoms with Gasteiger partial charge in [0.15, 0.2) is 5.78 Å². The van der Waals surface area contributed by atoms with Crippen LogP contribution in [0, 0.1) is 5.92 Å². The van der Waals surface area contributed by atoms with Crippen molar-refractivity contribution in [1.29, 1.82) is 0 Å². The van der Waals surface area contributed by atoms with Crippen molar-refractivity contribution < 1.29 is 24.0 Å². The zero-order chi connectivity index (χ0) is 26.5. The number of aromatic nitrogens is 1. The maximum absolute atomic E-state index is 13.2. The third-order valence-corrected chi connectivity index (χ3v) is 6.01. The van der Waals surface area contributed by atoms with Gasteiger partial charge in [0, 0.05) is 46.4 Å². The van der Waals surface area contributed by atoms with Gasteiger partial charge in [0.05, 0.1) is 18.7 Å². The summed E-state index contributed by atoms with van der Waals surface area (Å²) in [6.07, 6.45) is 0.227. The summed E-state index contributed by atoms with van der Waals surface area (Å²) in [5, 5.41) is 5.70. The first kappa shape index (κ1) is 25.8. The lowest BCUT2D eigenvalue weighted by Crippen LogP contribution is -2.12. The van der Waals surface area contributed by atoms with Crippen molar-refractivity contribution in [3.05, 3.63) is 83.4 Å². The van der Waals surface area contributed by atoms with Crippen molar-refractivity contribution in [2.45, 2.75) is 40.7 Å². The Morgan fingerprint density at radius 3 is 2.08 bits per heavy atom. The molecule has 0 atom stereocenters. The molecule has 37 heavy (non-hydrogen) atoms. The minimum atomic E-state index is -0.495. The molecule has 0 radical (unpaired) electrons. The number of rotatable bonds is 9. The Hall–Kier alpha value is -4.26. The molecule has 0 N–H and O–H groups in total. The van der Waals surface area contributed by atoms with Gasteiger partial charge in [0.1, 0.15) is 0 Å². The highest BCUT2D eigenvalue weighted by Gasteiger charge is 2.17. The molecule has 0 aliphatic carbocycles. The molecular weight excluding hydrogens is 468 g/mol. The van der Waals surface area contributed by atoms with Gasteiger partial charge in [-0.25, -0.2) is 4.79 Å². The number of carbonyl (C=O) groups is 3. The molecule has 0 amide bonds. The number of benzene rings is 3. The summed E-state index contributed by atoms with van der Waals surface area (Å²) in [5.74, 6) is -0.538. The van der Waals surface area contributed by atoms with Crippen molar-refractivity contribution in [2.75, 3.05) is 6.61 Å². The lowest BCUT2D eigenvalue weighted by atomic mass is 10.0. The zero-order valence-corrected chi connectivity index (χ0v) is 21.5. The van der Waals surface area contributed by atoms with Crippen LogP contribution in [0.15, 0.2) is 71.9 Å². The number of hydrogen-bond donors (Lipinski definition) is 0. The summed E-state index contributed by atoms with van der Waals surface area (Å²) in [6, 6.07) is 20.6. The minimum Gasteiger partial charge on any atom is -0.465 e. The molecule has 4 rings (SSSR count). The predicted octanol–water partition coefficient (Wildman–Crippen LogP) is 5.90. The molecule has 0 fully saturated rings. The number of nitrogens with zero attached hydrogens (tertiary/aromatic N) is 2. The number of oxime groups is 1. The van der Waals surface area contributed by atoms with Gasteiger partial charge in [-0.3, -0.25) is 9.59 Å². The monoisotopic (exact) mass is 498 g/mol. The highest BCUT2D eigenvalue weighted by Crippen LogP contribution is 2.32. The Morgan fingerprint density at radius 2 is 1.46 bits per heavy atom. The van der Waals surface area contributed by atoms with Gasteiger partial charge in [-0.1, -0.05) is 55.4 Å². The van der Waals surface area contributed by atoms with Crippen LogP contribution in [-0.2, 0) is 25.7 Å². The molecule has 1 heterocycles. The molecular formula is C30H30N2O5. The molecule has 4 aromatic rings. The molecule has 190 valence electrons. The molecule has 0 aliphatic rings. The van der Waals surface area contributed by atoms with Gasteiger partial charge in [-0.15, -0.1) is 0 Å². The first-order valence-corrected chi connectivity index (χ1v) is 12.3. The van der Waals surface area contributed by atoms with Gasteiger partial charge < -0.3 is 14.1 Å². The van der Waals surface area contributed by atoms with Crippen molar-refractivity contribution in [3.8, 4) is 0 Å². The molecule has 7 nitrogen and oxygen atoms in total. The summed E-state index contributed by atoms with van der Waals surface area (Å²) in [7, 11) is 0. The summed E-state index contributed by atoms with van der Waals surface area (Å²) >= 11 is 0.